The molecule has 0 unspecified atom stereocenters. The van der Waals surface area contributed by atoms with Crippen LogP contribution in [0.15, 0.2) is 46.0 Å². The molecule has 1 N–H and O–H groups in total. The number of nitrogens with zero attached hydrogens (tertiary/aromatic N) is 6. The summed E-state index contributed by atoms with van der Waals surface area (Å²) in [6.07, 6.45) is -3.69. The van der Waals surface area contributed by atoms with Crippen LogP contribution in [0.4, 0.5) is 23.2 Å². The van der Waals surface area contributed by atoms with Gasteiger partial charge in [0.2, 0.25) is 11.7 Å². The first-order chi connectivity index (χ1) is 18.5. The SMILES string of the molecule is Cc1cc(C(=O)NCc2nc(-c3cc4c(/N=C5\CCN(C)C[C@@H]5F)cccc4n3CC(F)(F)F)no2)cn1C. The molecule has 0 radical (unpaired) electrons. The van der Waals surface area contributed by atoms with Gasteiger partial charge < -0.3 is 23.9 Å². The van der Waals surface area contributed by atoms with Crippen LogP contribution in [0, 0.1) is 6.92 Å². The highest BCUT2D eigenvalue weighted by Crippen LogP contribution is 2.35. The maximum absolute atomic E-state index is 14.6. The molecule has 206 valence electrons. The molecule has 0 aliphatic carbocycles. The monoisotopic (exact) mass is 545 g/mol. The number of fused-ring (bicyclic) bond motifs is 1. The van der Waals surface area contributed by atoms with Gasteiger partial charge in [-0.3, -0.25) is 9.79 Å². The Morgan fingerprint density at radius 2 is 2.05 bits per heavy atom. The van der Waals surface area contributed by atoms with Gasteiger partial charge in [-0.25, -0.2) is 4.39 Å². The lowest BCUT2D eigenvalue weighted by Crippen LogP contribution is -2.39. The number of carbonyl (C=O) groups is 1. The number of benzene rings is 1. The van der Waals surface area contributed by atoms with E-state index in [-0.39, 0.29) is 41.9 Å². The molecule has 1 fully saturated rings. The molecule has 39 heavy (non-hydrogen) atoms. The normalized spacial score (nSPS) is 17.8. The fourth-order valence-electron chi connectivity index (χ4n) is 4.60. The van der Waals surface area contributed by atoms with Crippen LogP contribution >= 0.6 is 0 Å². The van der Waals surface area contributed by atoms with Crippen LogP contribution in [-0.4, -0.2) is 68.3 Å². The zero-order valence-corrected chi connectivity index (χ0v) is 21.6. The van der Waals surface area contributed by atoms with Crippen LogP contribution in [0.2, 0.25) is 0 Å². The number of alkyl halides is 4. The lowest BCUT2D eigenvalue weighted by atomic mass is 10.1. The standard InChI is InChI=1S/C26H27F4N7O2/c1-15-9-16(12-36(15)3)25(38)31-11-23-33-24(34-39-23)22-10-17-19(32-20-7-8-35(2)13-18(20)27)5-4-6-21(17)37(22)14-26(28,29)30/h4-6,9-10,12,18H,7-8,11,13-14H2,1-3H3,(H,31,38)/b32-20+/t18-/m0/s1. The Balaban J connectivity index is 1.46. The molecule has 1 atom stereocenters. The second-order valence-corrected chi connectivity index (χ2v) is 9.70. The summed E-state index contributed by atoms with van der Waals surface area (Å²) in [4.78, 5) is 23.0. The summed E-state index contributed by atoms with van der Waals surface area (Å²) in [5, 5.41) is 6.96. The molecule has 5 rings (SSSR count). The minimum Gasteiger partial charge on any atom is -0.354 e. The smallest absolute Gasteiger partial charge is 0.354 e. The maximum Gasteiger partial charge on any atom is 0.406 e. The van der Waals surface area contributed by atoms with Crippen molar-refractivity contribution in [3.8, 4) is 11.5 Å². The van der Waals surface area contributed by atoms with E-state index >= 15 is 0 Å². The van der Waals surface area contributed by atoms with Crippen LogP contribution in [-0.2, 0) is 20.1 Å². The topological polar surface area (TPSA) is 93.5 Å². The summed E-state index contributed by atoms with van der Waals surface area (Å²) in [6.45, 7) is 1.31. The van der Waals surface area contributed by atoms with E-state index in [1.807, 2.05) is 25.9 Å². The van der Waals surface area contributed by atoms with Gasteiger partial charge in [0.15, 0.2) is 6.17 Å². The Kier molecular flexibility index (Phi) is 7.02. The number of piperidine rings is 1. The van der Waals surface area contributed by atoms with E-state index in [2.05, 4.69) is 20.4 Å². The van der Waals surface area contributed by atoms with Gasteiger partial charge in [0.25, 0.3) is 5.91 Å². The van der Waals surface area contributed by atoms with Crippen LogP contribution in [0.25, 0.3) is 22.4 Å². The lowest BCUT2D eigenvalue weighted by Gasteiger charge is -2.26. The first-order valence-electron chi connectivity index (χ1n) is 12.3. The summed E-state index contributed by atoms with van der Waals surface area (Å²) in [5.41, 5.74) is 2.40. The van der Waals surface area contributed by atoms with E-state index in [9.17, 15) is 22.4 Å². The van der Waals surface area contributed by atoms with Crippen LogP contribution in [0.5, 0.6) is 0 Å². The fourth-order valence-corrected chi connectivity index (χ4v) is 4.60. The molecule has 0 bridgehead atoms. The number of amides is 1. The van der Waals surface area contributed by atoms with Gasteiger partial charge in [0.05, 0.1) is 34.7 Å². The van der Waals surface area contributed by atoms with Crippen molar-refractivity contribution in [1.29, 1.82) is 0 Å². The molecule has 4 heterocycles. The third kappa shape index (κ3) is 5.72. The molecule has 1 aromatic carbocycles. The van der Waals surface area contributed by atoms with E-state index in [0.717, 1.165) is 10.3 Å². The molecule has 0 saturated carbocycles. The number of nitrogens with one attached hydrogen (secondary N) is 1. The predicted octanol–water partition coefficient (Wildman–Crippen LogP) is 4.58. The van der Waals surface area contributed by atoms with E-state index in [1.54, 1.807) is 35.0 Å². The van der Waals surface area contributed by atoms with Crippen molar-refractivity contribution in [2.24, 2.45) is 12.0 Å². The van der Waals surface area contributed by atoms with E-state index in [4.69, 9.17) is 4.52 Å². The van der Waals surface area contributed by atoms with E-state index in [0.29, 0.717) is 35.3 Å². The number of hydrogen-bond donors (Lipinski definition) is 1. The minimum atomic E-state index is -4.53. The van der Waals surface area contributed by atoms with Gasteiger partial charge in [0, 0.05) is 43.8 Å². The van der Waals surface area contributed by atoms with Gasteiger partial charge in [-0.2, -0.15) is 18.2 Å². The molecule has 9 nitrogen and oxygen atoms in total. The number of aromatic nitrogens is 4. The van der Waals surface area contributed by atoms with Gasteiger partial charge >= 0.3 is 6.18 Å². The number of rotatable bonds is 6. The highest BCUT2D eigenvalue weighted by Gasteiger charge is 2.31. The van der Waals surface area contributed by atoms with Gasteiger partial charge in [0.1, 0.15) is 6.54 Å². The molecule has 1 amide bonds. The number of aliphatic imine (C=N–C) groups is 1. The molecule has 1 aliphatic rings. The van der Waals surface area contributed by atoms with Gasteiger partial charge in [-0.15, -0.1) is 0 Å². The summed E-state index contributed by atoms with van der Waals surface area (Å²) in [5.74, 6) is -0.396. The van der Waals surface area contributed by atoms with Crippen molar-refractivity contribution in [3.05, 3.63) is 53.7 Å². The Labute approximate surface area is 221 Å². The third-order valence-electron chi connectivity index (χ3n) is 6.72. The van der Waals surface area contributed by atoms with Crippen molar-refractivity contribution in [1.82, 2.24) is 29.5 Å². The van der Waals surface area contributed by atoms with Crippen molar-refractivity contribution in [3.63, 3.8) is 0 Å². The molecule has 3 aromatic heterocycles. The first-order valence-corrected chi connectivity index (χ1v) is 12.3. The number of hydrogen-bond acceptors (Lipinski definition) is 6. The Morgan fingerprint density at radius 1 is 1.26 bits per heavy atom. The largest absolute Gasteiger partial charge is 0.406 e. The average Bonchev–Trinajstić information content (AvgIpc) is 3.57. The number of aryl methyl sites for hydroxylation is 2. The molecule has 1 aliphatic heterocycles. The first kappa shape index (κ1) is 26.6. The number of carbonyl (C=O) groups excluding carboxylic acids is 1. The summed E-state index contributed by atoms with van der Waals surface area (Å²) in [7, 11) is 3.64. The molecular formula is C26H27F4N7O2. The predicted molar refractivity (Wildman–Crippen MR) is 137 cm³/mol. The third-order valence-corrected chi connectivity index (χ3v) is 6.72. The zero-order chi connectivity index (χ0) is 27.9. The lowest BCUT2D eigenvalue weighted by molar-refractivity contribution is -0.139. The van der Waals surface area contributed by atoms with E-state index in [1.165, 1.54) is 6.07 Å². The number of likely N-dealkylation sites (tertiary alicyclic amines) is 1. The fraction of sp³-hybridized carbons (Fsp3) is 0.385. The molecular weight excluding hydrogens is 518 g/mol. The summed E-state index contributed by atoms with van der Waals surface area (Å²) in [6, 6.07) is 8.00. The quantitative estimate of drug-likeness (QED) is 0.358. The zero-order valence-electron chi connectivity index (χ0n) is 21.6. The highest BCUT2D eigenvalue weighted by atomic mass is 19.4. The minimum absolute atomic E-state index is 0.0295. The van der Waals surface area contributed by atoms with Crippen molar-refractivity contribution < 1.29 is 26.9 Å². The molecule has 1 saturated heterocycles. The average molecular weight is 546 g/mol. The van der Waals surface area contributed by atoms with Crippen molar-refractivity contribution in [2.75, 3.05) is 20.1 Å². The Hall–Kier alpha value is -4.00. The summed E-state index contributed by atoms with van der Waals surface area (Å²) < 4.78 is 63.5. The van der Waals surface area contributed by atoms with Crippen LogP contribution in [0.1, 0.15) is 28.4 Å². The second kappa shape index (κ2) is 10.3. The van der Waals surface area contributed by atoms with Crippen LogP contribution in [0.3, 0.4) is 0 Å². The number of halogens is 4. The molecule has 0 spiro atoms. The molecule has 4 aromatic rings. The second-order valence-electron chi connectivity index (χ2n) is 9.70. The highest BCUT2D eigenvalue weighted by molar-refractivity contribution is 5.99. The Bertz CT molecular complexity index is 1530. The van der Waals surface area contributed by atoms with Crippen molar-refractivity contribution >= 4 is 28.2 Å². The van der Waals surface area contributed by atoms with E-state index < -0.39 is 18.9 Å². The maximum atomic E-state index is 14.6. The van der Waals surface area contributed by atoms with Crippen molar-refractivity contribution in [2.45, 2.75) is 38.8 Å². The van der Waals surface area contributed by atoms with Crippen LogP contribution < -0.4 is 5.32 Å². The van der Waals surface area contributed by atoms with Gasteiger partial charge in [-0.05, 0) is 38.2 Å². The molecule has 13 heteroatoms. The Morgan fingerprint density at radius 3 is 2.74 bits per heavy atom. The summed E-state index contributed by atoms with van der Waals surface area (Å²) >= 11 is 0. The van der Waals surface area contributed by atoms with Gasteiger partial charge in [-0.1, -0.05) is 11.2 Å².